The highest BCUT2D eigenvalue weighted by Gasteiger charge is 2.21. The predicted molar refractivity (Wildman–Crippen MR) is 68.0 cm³/mol. The lowest BCUT2D eigenvalue weighted by Crippen LogP contribution is -2.05. The third kappa shape index (κ3) is 1.89. The Morgan fingerprint density at radius 2 is 2.31 bits per heavy atom. The van der Waals surface area contributed by atoms with Crippen LogP contribution in [-0.2, 0) is 6.42 Å². The summed E-state index contributed by atoms with van der Waals surface area (Å²) in [5.41, 5.74) is 0. The highest BCUT2D eigenvalue weighted by atomic mass is 32.1. The normalized spacial score (nSPS) is 15.6. The molecule has 0 bridgehead atoms. The highest BCUT2D eigenvalue weighted by Crippen LogP contribution is 2.31. The lowest BCUT2D eigenvalue weighted by molar-refractivity contribution is 0.884. The number of nitrogens with zero attached hydrogens (tertiary/aromatic N) is 2. The van der Waals surface area contributed by atoms with E-state index in [2.05, 4.69) is 28.3 Å². The molecule has 0 radical (unpaired) electrons. The average molecular weight is 233 g/mol. The number of aromatic nitrogens is 2. The zero-order valence-electron chi connectivity index (χ0n) is 9.36. The lowest BCUT2D eigenvalue weighted by atomic mass is 10.3. The van der Waals surface area contributed by atoms with Crippen molar-refractivity contribution in [3.8, 4) is 0 Å². The molecule has 0 atom stereocenters. The van der Waals surface area contributed by atoms with Gasteiger partial charge in [-0.1, -0.05) is 6.92 Å². The van der Waals surface area contributed by atoms with Crippen LogP contribution in [0.5, 0.6) is 0 Å². The monoisotopic (exact) mass is 233 g/mol. The molecule has 1 aliphatic rings. The van der Waals surface area contributed by atoms with Crippen LogP contribution < -0.4 is 5.32 Å². The molecule has 3 nitrogen and oxygen atoms in total. The van der Waals surface area contributed by atoms with Crippen LogP contribution in [0, 0.1) is 5.92 Å². The summed E-state index contributed by atoms with van der Waals surface area (Å²) in [5, 5.41) is 4.63. The first kappa shape index (κ1) is 10.0. The van der Waals surface area contributed by atoms with Crippen molar-refractivity contribution in [2.45, 2.75) is 26.2 Å². The fourth-order valence-electron chi connectivity index (χ4n) is 1.78. The Morgan fingerprint density at radius 1 is 1.44 bits per heavy atom. The second-order valence-corrected chi connectivity index (χ2v) is 5.45. The van der Waals surface area contributed by atoms with Crippen molar-refractivity contribution >= 4 is 27.4 Å². The maximum Gasteiger partial charge on any atom is 0.138 e. The first-order valence-electron chi connectivity index (χ1n) is 5.84. The molecule has 0 aromatic carbocycles. The van der Waals surface area contributed by atoms with Gasteiger partial charge in [0.25, 0.3) is 0 Å². The Kier molecular flexibility index (Phi) is 2.52. The number of aryl methyl sites for hydroxylation is 1. The molecule has 3 rings (SSSR count). The molecular weight excluding hydrogens is 218 g/mol. The van der Waals surface area contributed by atoms with E-state index in [-0.39, 0.29) is 0 Å². The van der Waals surface area contributed by atoms with Crippen LogP contribution in [0.25, 0.3) is 10.2 Å². The maximum absolute atomic E-state index is 4.34. The molecule has 2 aromatic rings. The van der Waals surface area contributed by atoms with E-state index in [1.54, 1.807) is 17.7 Å². The first-order valence-corrected chi connectivity index (χ1v) is 6.65. The molecule has 1 N–H and O–H groups in total. The van der Waals surface area contributed by atoms with E-state index in [1.807, 2.05) is 0 Å². The molecule has 2 heterocycles. The van der Waals surface area contributed by atoms with E-state index in [4.69, 9.17) is 0 Å². The van der Waals surface area contributed by atoms with Crippen molar-refractivity contribution in [2.75, 3.05) is 11.9 Å². The summed E-state index contributed by atoms with van der Waals surface area (Å²) in [6.45, 7) is 3.23. The minimum atomic E-state index is 0.870. The zero-order chi connectivity index (χ0) is 11.0. The van der Waals surface area contributed by atoms with Gasteiger partial charge in [-0.05, 0) is 31.2 Å². The van der Waals surface area contributed by atoms with Crippen molar-refractivity contribution in [1.29, 1.82) is 0 Å². The molecule has 84 valence electrons. The van der Waals surface area contributed by atoms with Crippen LogP contribution in [0.3, 0.4) is 0 Å². The molecule has 0 amide bonds. The van der Waals surface area contributed by atoms with Crippen LogP contribution in [0.15, 0.2) is 12.4 Å². The van der Waals surface area contributed by atoms with Crippen molar-refractivity contribution in [3.63, 3.8) is 0 Å². The topological polar surface area (TPSA) is 37.8 Å². The zero-order valence-corrected chi connectivity index (χ0v) is 10.2. The SMILES string of the molecule is CCc1cc2c(NCC3CC3)ncnc2s1. The maximum atomic E-state index is 4.34. The summed E-state index contributed by atoms with van der Waals surface area (Å²) in [6, 6.07) is 2.22. The van der Waals surface area contributed by atoms with Gasteiger partial charge in [-0.3, -0.25) is 0 Å². The van der Waals surface area contributed by atoms with Gasteiger partial charge in [0, 0.05) is 11.4 Å². The summed E-state index contributed by atoms with van der Waals surface area (Å²) < 4.78 is 0. The summed E-state index contributed by atoms with van der Waals surface area (Å²) in [6.07, 6.45) is 5.47. The van der Waals surface area contributed by atoms with E-state index in [0.717, 1.165) is 29.5 Å². The van der Waals surface area contributed by atoms with Crippen molar-refractivity contribution < 1.29 is 0 Å². The van der Waals surface area contributed by atoms with Gasteiger partial charge in [0.05, 0.1) is 5.39 Å². The molecule has 4 heteroatoms. The van der Waals surface area contributed by atoms with Crippen molar-refractivity contribution in [3.05, 3.63) is 17.3 Å². The molecule has 0 spiro atoms. The van der Waals surface area contributed by atoms with Gasteiger partial charge in [0.15, 0.2) is 0 Å². The van der Waals surface area contributed by atoms with E-state index in [9.17, 15) is 0 Å². The van der Waals surface area contributed by atoms with Crippen molar-refractivity contribution in [1.82, 2.24) is 9.97 Å². The lowest BCUT2D eigenvalue weighted by Gasteiger charge is -2.04. The van der Waals surface area contributed by atoms with Gasteiger partial charge in [-0.25, -0.2) is 9.97 Å². The number of rotatable bonds is 4. The van der Waals surface area contributed by atoms with Gasteiger partial charge in [-0.2, -0.15) is 0 Å². The van der Waals surface area contributed by atoms with Crippen LogP contribution in [0.2, 0.25) is 0 Å². The van der Waals surface area contributed by atoms with Crippen LogP contribution >= 0.6 is 11.3 Å². The van der Waals surface area contributed by atoms with Crippen LogP contribution in [0.1, 0.15) is 24.6 Å². The Morgan fingerprint density at radius 3 is 3.06 bits per heavy atom. The molecule has 1 aliphatic carbocycles. The fraction of sp³-hybridized carbons (Fsp3) is 0.500. The van der Waals surface area contributed by atoms with E-state index < -0.39 is 0 Å². The third-order valence-corrected chi connectivity index (χ3v) is 4.17. The molecular formula is C12H15N3S. The summed E-state index contributed by atoms with van der Waals surface area (Å²) in [5.74, 6) is 1.88. The summed E-state index contributed by atoms with van der Waals surface area (Å²) in [7, 11) is 0. The summed E-state index contributed by atoms with van der Waals surface area (Å²) >= 11 is 1.77. The quantitative estimate of drug-likeness (QED) is 0.882. The van der Waals surface area contributed by atoms with Crippen LogP contribution in [-0.4, -0.2) is 16.5 Å². The Labute approximate surface area is 98.9 Å². The molecule has 16 heavy (non-hydrogen) atoms. The Bertz CT molecular complexity index is 502. The third-order valence-electron chi connectivity index (χ3n) is 2.98. The highest BCUT2D eigenvalue weighted by molar-refractivity contribution is 7.18. The van der Waals surface area contributed by atoms with E-state index in [0.29, 0.717) is 0 Å². The molecule has 1 fully saturated rings. The molecule has 1 saturated carbocycles. The number of fused-ring (bicyclic) bond motifs is 1. The smallest absolute Gasteiger partial charge is 0.138 e. The standard InChI is InChI=1S/C12H15N3S/c1-2-9-5-10-11(13-6-8-3-4-8)14-7-15-12(10)16-9/h5,7-8H,2-4,6H2,1H3,(H,13,14,15). The van der Waals surface area contributed by atoms with Gasteiger partial charge in [0.1, 0.15) is 17.0 Å². The molecule has 0 saturated heterocycles. The number of nitrogens with one attached hydrogen (secondary N) is 1. The Balaban J connectivity index is 1.91. The minimum Gasteiger partial charge on any atom is -0.369 e. The largest absolute Gasteiger partial charge is 0.369 e. The second-order valence-electron chi connectivity index (χ2n) is 4.33. The molecule has 0 unspecified atom stereocenters. The predicted octanol–water partition coefficient (Wildman–Crippen LogP) is 3.08. The average Bonchev–Trinajstić information content (AvgIpc) is 3.03. The van der Waals surface area contributed by atoms with Gasteiger partial charge in [-0.15, -0.1) is 11.3 Å². The minimum absolute atomic E-state index is 0.870. The van der Waals surface area contributed by atoms with Gasteiger partial charge >= 0.3 is 0 Å². The van der Waals surface area contributed by atoms with E-state index >= 15 is 0 Å². The number of hydrogen-bond acceptors (Lipinski definition) is 4. The molecule has 2 aromatic heterocycles. The number of thiophene rings is 1. The molecule has 0 aliphatic heterocycles. The van der Waals surface area contributed by atoms with Gasteiger partial charge < -0.3 is 5.32 Å². The first-order chi connectivity index (χ1) is 7.86. The number of anilines is 1. The van der Waals surface area contributed by atoms with Crippen LogP contribution in [0.4, 0.5) is 5.82 Å². The fourth-order valence-corrected chi connectivity index (χ4v) is 2.72. The van der Waals surface area contributed by atoms with Gasteiger partial charge in [0.2, 0.25) is 0 Å². The Hall–Kier alpha value is -1.16. The second kappa shape index (κ2) is 4.01. The number of hydrogen-bond donors (Lipinski definition) is 1. The summed E-state index contributed by atoms with van der Waals surface area (Å²) in [4.78, 5) is 11.1. The van der Waals surface area contributed by atoms with E-state index in [1.165, 1.54) is 23.1 Å². The van der Waals surface area contributed by atoms with Crippen molar-refractivity contribution in [2.24, 2.45) is 5.92 Å².